The fourth-order valence-electron chi connectivity index (χ4n) is 3.71. The number of carbonyl (C=O) groups is 1. The third-order valence-corrected chi connectivity index (χ3v) is 5.56. The monoisotopic (exact) mass is 440 g/mol. The average Bonchev–Trinajstić information content (AvgIpc) is 3.23. The van der Waals surface area contributed by atoms with Gasteiger partial charge in [0.1, 0.15) is 12.0 Å². The third kappa shape index (κ3) is 4.22. The third-order valence-electron chi connectivity index (χ3n) is 5.32. The van der Waals surface area contributed by atoms with E-state index in [2.05, 4.69) is 10.1 Å². The van der Waals surface area contributed by atoms with Gasteiger partial charge < -0.3 is 9.80 Å². The second kappa shape index (κ2) is 8.73. The molecule has 1 amide bonds. The second-order valence-electron chi connectivity index (χ2n) is 7.16. The summed E-state index contributed by atoms with van der Waals surface area (Å²) in [6.45, 7) is 4.25. The van der Waals surface area contributed by atoms with Crippen LogP contribution in [0.5, 0.6) is 0 Å². The van der Waals surface area contributed by atoms with E-state index in [4.69, 9.17) is 11.6 Å². The van der Waals surface area contributed by atoms with Crippen LogP contribution in [0.3, 0.4) is 0 Å². The lowest BCUT2D eigenvalue weighted by Crippen LogP contribution is -2.49. The number of halogens is 1. The van der Waals surface area contributed by atoms with Gasteiger partial charge >= 0.3 is 0 Å². The van der Waals surface area contributed by atoms with E-state index in [0.29, 0.717) is 49.0 Å². The van der Waals surface area contributed by atoms with Crippen molar-refractivity contribution in [3.05, 3.63) is 75.2 Å². The number of rotatable bonds is 5. The summed E-state index contributed by atoms with van der Waals surface area (Å²) in [5.41, 5.74) is 2.20. The first-order chi connectivity index (χ1) is 15.0. The number of anilines is 1. The number of piperazine rings is 1. The summed E-state index contributed by atoms with van der Waals surface area (Å²) in [5.74, 6) is 0.613. The molecule has 0 radical (unpaired) electrons. The Morgan fingerprint density at radius 1 is 1.16 bits per heavy atom. The first kappa shape index (κ1) is 20.8. The molecule has 2 aromatic heterocycles. The summed E-state index contributed by atoms with van der Waals surface area (Å²) < 4.78 is 1.76. The fraction of sp³-hybridized carbons (Fsp3) is 0.286. The molecule has 0 aliphatic carbocycles. The Labute approximate surface area is 184 Å². The highest BCUT2D eigenvalue weighted by Crippen LogP contribution is 2.22. The topological polar surface area (TPSA) is 97.4 Å². The minimum Gasteiger partial charge on any atom is -0.353 e. The Morgan fingerprint density at radius 2 is 1.94 bits per heavy atom. The van der Waals surface area contributed by atoms with Crippen molar-refractivity contribution in [2.24, 2.45) is 0 Å². The molecule has 10 heteroatoms. The van der Waals surface area contributed by atoms with Gasteiger partial charge in [0.15, 0.2) is 0 Å². The number of aromatic nitrogens is 3. The zero-order chi connectivity index (χ0) is 22.0. The van der Waals surface area contributed by atoms with Crippen LogP contribution in [0.15, 0.2) is 48.8 Å². The second-order valence-corrected chi connectivity index (χ2v) is 7.60. The summed E-state index contributed by atoms with van der Waals surface area (Å²) in [6.07, 6.45) is 3.53. The molecule has 0 N–H and O–H groups in total. The van der Waals surface area contributed by atoms with Crippen LogP contribution in [0.4, 0.5) is 11.5 Å². The van der Waals surface area contributed by atoms with Crippen molar-refractivity contribution in [3.8, 4) is 5.69 Å². The van der Waals surface area contributed by atoms with Gasteiger partial charge in [-0.15, -0.1) is 0 Å². The number of nitro groups is 1. The summed E-state index contributed by atoms with van der Waals surface area (Å²) in [4.78, 5) is 31.5. The zero-order valence-corrected chi connectivity index (χ0v) is 17.7. The van der Waals surface area contributed by atoms with Gasteiger partial charge in [-0.2, -0.15) is 5.10 Å². The van der Waals surface area contributed by atoms with Gasteiger partial charge in [0.2, 0.25) is 0 Å². The molecule has 3 heterocycles. The highest BCUT2D eigenvalue weighted by molar-refractivity contribution is 6.30. The highest BCUT2D eigenvalue weighted by atomic mass is 35.5. The number of benzene rings is 1. The van der Waals surface area contributed by atoms with Gasteiger partial charge in [0.05, 0.1) is 28.1 Å². The van der Waals surface area contributed by atoms with Crippen molar-refractivity contribution in [3.63, 3.8) is 0 Å². The van der Waals surface area contributed by atoms with Gasteiger partial charge in [-0.05, 0) is 30.7 Å². The highest BCUT2D eigenvalue weighted by Gasteiger charge is 2.26. The maximum atomic E-state index is 13.2. The first-order valence-electron chi connectivity index (χ1n) is 9.95. The largest absolute Gasteiger partial charge is 0.353 e. The number of nitrogens with zero attached hydrogens (tertiary/aromatic N) is 6. The molecule has 1 aromatic carbocycles. The lowest BCUT2D eigenvalue weighted by atomic mass is 10.1. The van der Waals surface area contributed by atoms with Crippen molar-refractivity contribution in [1.29, 1.82) is 0 Å². The van der Waals surface area contributed by atoms with Crippen LogP contribution in [0.25, 0.3) is 5.69 Å². The quantitative estimate of drug-likeness (QED) is 0.445. The molecule has 3 aromatic rings. The minimum absolute atomic E-state index is 0.0404. The first-order valence-corrected chi connectivity index (χ1v) is 10.3. The predicted octanol–water partition coefficient (Wildman–Crippen LogP) is 3.35. The fourth-order valence-corrected chi connectivity index (χ4v) is 3.89. The predicted molar refractivity (Wildman–Crippen MR) is 117 cm³/mol. The van der Waals surface area contributed by atoms with E-state index in [1.165, 1.54) is 12.3 Å². The van der Waals surface area contributed by atoms with Crippen molar-refractivity contribution in [1.82, 2.24) is 19.7 Å². The van der Waals surface area contributed by atoms with E-state index in [0.717, 1.165) is 11.4 Å². The molecule has 1 saturated heterocycles. The van der Waals surface area contributed by atoms with E-state index in [9.17, 15) is 14.9 Å². The molecule has 0 bridgehead atoms. The Bertz CT molecular complexity index is 1110. The van der Waals surface area contributed by atoms with Crippen LogP contribution in [-0.4, -0.2) is 56.7 Å². The maximum absolute atomic E-state index is 13.2. The summed E-state index contributed by atoms with van der Waals surface area (Å²) in [7, 11) is 0. The zero-order valence-electron chi connectivity index (χ0n) is 16.9. The van der Waals surface area contributed by atoms with Gasteiger partial charge in [-0.1, -0.05) is 24.6 Å². The molecule has 1 fully saturated rings. The van der Waals surface area contributed by atoms with Crippen LogP contribution >= 0.6 is 11.6 Å². The molecule has 9 nitrogen and oxygen atoms in total. The van der Waals surface area contributed by atoms with Crippen molar-refractivity contribution in [2.45, 2.75) is 13.3 Å². The molecule has 160 valence electrons. The number of amides is 1. The van der Waals surface area contributed by atoms with Crippen LogP contribution in [0.2, 0.25) is 5.02 Å². The van der Waals surface area contributed by atoms with E-state index in [1.54, 1.807) is 27.9 Å². The van der Waals surface area contributed by atoms with Gasteiger partial charge in [-0.3, -0.25) is 14.9 Å². The Hall–Kier alpha value is -3.46. The standard InChI is InChI=1S/C21H21ClN6O3/c1-2-19-18(14-24-27(19)16-5-3-4-15(22)12-16)21(29)26-10-8-25(9-11-26)20-7-6-17(13-23-20)28(30)31/h3-7,12-14H,2,8-11H2,1H3. The number of pyridine rings is 1. The number of hydrogen-bond acceptors (Lipinski definition) is 6. The van der Waals surface area contributed by atoms with E-state index in [1.807, 2.05) is 30.0 Å². The molecule has 0 unspecified atom stereocenters. The summed E-state index contributed by atoms with van der Waals surface area (Å²) in [6, 6.07) is 10.5. The van der Waals surface area contributed by atoms with Gasteiger partial charge in [-0.25, -0.2) is 9.67 Å². The summed E-state index contributed by atoms with van der Waals surface area (Å²) in [5, 5.41) is 15.8. The molecular weight excluding hydrogens is 420 g/mol. The number of hydrogen-bond donors (Lipinski definition) is 0. The lowest BCUT2D eigenvalue weighted by Gasteiger charge is -2.35. The Balaban J connectivity index is 1.47. The van der Waals surface area contributed by atoms with Crippen molar-refractivity contribution >= 4 is 29.0 Å². The normalized spacial score (nSPS) is 14.0. The van der Waals surface area contributed by atoms with Crippen LogP contribution in [-0.2, 0) is 6.42 Å². The van der Waals surface area contributed by atoms with Crippen molar-refractivity contribution in [2.75, 3.05) is 31.1 Å². The lowest BCUT2D eigenvalue weighted by molar-refractivity contribution is -0.385. The van der Waals surface area contributed by atoms with Gasteiger partial charge in [0, 0.05) is 37.3 Å². The molecule has 1 aliphatic rings. The smallest absolute Gasteiger partial charge is 0.287 e. The van der Waals surface area contributed by atoms with Crippen LogP contribution in [0, 0.1) is 10.1 Å². The van der Waals surface area contributed by atoms with Gasteiger partial charge in [0.25, 0.3) is 11.6 Å². The molecule has 4 rings (SSSR count). The molecular formula is C21H21ClN6O3. The number of carbonyl (C=O) groups excluding carboxylic acids is 1. The molecule has 31 heavy (non-hydrogen) atoms. The molecule has 0 spiro atoms. The average molecular weight is 441 g/mol. The SMILES string of the molecule is CCc1c(C(=O)N2CCN(c3ccc([N+](=O)[O-])cn3)CC2)cnn1-c1cccc(Cl)c1. The molecule has 1 aliphatic heterocycles. The van der Waals surface area contributed by atoms with Crippen LogP contribution < -0.4 is 4.90 Å². The maximum Gasteiger partial charge on any atom is 0.287 e. The van der Waals surface area contributed by atoms with E-state index >= 15 is 0 Å². The Morgan fingerprint density at radius 3 is 2.55 bits per heavy atom. The minimum atomic E-state index is -0.470. The Kier molecular flexibility index (Phi) is 5.85. The van der Waals surface area contributed by atoms with E-state index < -0.39 is 4.92 Å². The van der Waals surface area contributed by atoms with E-state index in [-0.39, 0.29) is 11.6 Å². The van der Waals surface area contributed by atoms with Crippen LogP contribution in [0.1, 0.15) is 23.0 Å². The summed E-state index contributed by atoms with van der Waals surface area (Å²) >= 11 is 6.11. The van der Waals surface area contributed by atoms with Crippen molar-refractivity contribution < 1.29 is 9.72 Å². The molecule has 0 atom stereocenters. The molecule has 0 saturated carbocycles.